The largest absolute Gasteiger partial charge is 0.489 e. The van der Waals surface area contributed by atoms with Crippen LogP contribution in [0.4, 0.5) is 17.6 Å². The lowest BCUT2D eigenvalue weighted by molar-refractivity contribution is -0.168. The van der Waals surface area contributed by atoms with Crippen LogP contribution >= 0.6 is 0 Å². The molecule has 0 bridgehead atoms. The van der Waals surface area contributed by atoms with Crippen LogP contribution in [-0.4, -0.2) is 28.2 Å². The minimum Gasteiger partial charge on any atom is -0.489 e. The van der Waals surface area contributed by atoms with Crippen molar-refractivity contribution in [3.05, 3.63) is 77.0 Å². The number of nitriles is 1. The van der Waals surface area contributed by atoms with Crippen molar-refractivity contribution in [2.45, 2.75) is 25.2 Å². The molecular formula is C20H15F4N3O3. The molecule has 1 atom stereocenters. The minimum absolute atomic E-state index is 0.0177. The Bertz CT molecular complexity index is 1020. The second kappa shape index (κ2) is 8.42. The smallest absolute Gasteiger partial charge is 0.291 e. The third-order valence-corrected chi connectivity index (χ3v) is 4.41. The van der Waals surface area contributed by atoms with E-state index in [0.29, 0.717) is 16.9 Å². The van der Waals surface area contributed by atoms with E-state index in [1.165, 1.54) is 18.2 Å². The first-order valence-corrected chi connectivity index (χ1v) is 8.62. The van der Waals surface area contributed by atoms with Gasteiger partial charge in [-0.2, -0.15) is 14.0 Å². The van der Waals surface area contributed by atoms with Gasteiger partial charge in [-0.25, -0.2) is 13.8 Å². The number of benzene rings is 2. The van der Waals surface area contributed by atoms with E-state index in [-0.39, 0.29) is 17.2 Å². The van der Waals surface area contributed by atoms with Gasteiger partial charge in [-0.05, 0) is 42.0 Å². The number of amides is 1. The molecule has 10 heteroatoms. The molecule has 1 aliphatic heterocycles. The maximum Gasteiger partial charge on any atom is 0.291 e. The van der Waals surface area contributed by atoms with E-state index in [2.05, 4.69) is 0 Å². The Morgan fingerprint density at radius 1 is 1.27 bits per heavy atom. The number of nitrogens with one attached hydrogen (secondary N) is 1. The average molecular weight is 421 g/mol. The number of hydrogen-bond acceptors (Lipinski definition) is 5. The van der Waals surface area contributed by atoms with Crippen LogP contribution < -0.4 is 10.2 Å². The standard InChI is InChI=1S/C20H15F4N3O3/c21-17(22)16-9-20(29,19(23)24)27(26-16)18(28)14-3-1-2-13(8-14)11-30-15-6-4-12(10-25)5-7-15/h1-8,19,26,29H,9,11H2. The molecule has 2 aromatic rings. The van der Waals surface area contributed by atoms with Crippen molar-refractivity contribution in [2.75, 3.05) is 0 Å². The van der Waals surface area contributed by atoms with Crippen LogP contribution in [0.1, 0.15) is 27.9 Å². The maximum atomic E-state index is 13.3. The predicted molar refractivity (Wildman–Crippen MR) is 96.0 cm³/mol. The molecule has 1 heterocycles. The van der Waals surface area contributed by atoms with Gasteiger partial charge in [0, 0.05) is 5.56 Å². The lowest BCUT2D eigenvalue weighted by atomic mass is 10.1. The minimum atomic E-state index is -3.48. The molecule has 2 aromatic carbocycles. The molecule has 0 radical (unpaired) electrons. The van der Waals surface area contributed by atoms with Crippen LogP contribution in [0.3, 0.4) is 0 Å². The summed E-state index contributed by atoms with van der Waals surface area (Å²) in [4.78, 5) is 12.7. The molecule has 6 nitrogen and oxygen atoms in total. The van der Waals surface area contributed by atoms with Crippen LogP contribution in [0.15, 0.2) is 60.3 Å². The summed E-state index contributed by atoms with van der Waals surface area (Å²) in [5.74, 6) is -0.638. The molecule has 0 spiro atoms. The second-order valence-electron chi connectivity index (χ2n) is 6.47. The maximum absolute atomic E-state index is 13.3. The Morgan fingerprint density at radius 2 is 1.97 bits per heavy atom. The highest BCUT2D eigenvalue weighted by Gasteiger charge is 2.53. The first kappa shape index (κ1) is 21.1. The summed E-state index contributed by atoms with van der Waals surface area (Å²) in [6.45, 7) is 0.0177. The molecule has 1 amide bonds. The number of halogens is 4. The number of carbonyl (C=O) groups is 1. The highest BCUT2D eigenvalue weighted by molar-refractivity contribution is 5.95. The molecule has 0 aliphatic carbocycles. The van der Waals surface area contributed by atoms with Gasteiger partial charge in [-0.15, -0.1) is 0 Å². The van der Waals surface area contributed by atoms with E-state index in [1.807, 2.05) is 11.5 Å². The fourth-order valence-electron chi connectivity index (χ4n) is 2.84. The Morgan fingerprint density at radius 3 is 2.57 bits per heavy atom. The average Bonchev–Trinajstić information content (AvgIpc) is 3.11. The van der Waals surface area contributed by atoms with Gasteiger partial charge in [0.05, 0.1) is 18.1 Å². The fourth-order valence-corrected chi connectivity index (χ4v) is 2.84. The quantitative estimate of drug-likeness (QED) is 0.722. The van der Waals surface area contributed by atoms with Gasteiger partial charge in [-0.3, -0.25) is 10.2 Å². The van der Waals surface area contributed by atoms with Crippen molar-refractivity contribution in [1.29, 1.82) is 5.26 Å². The van der Waals surface area contributed by atoms with Crippen molar-refractivity contribution in [1.82, 2.24) is 10.4 Å². The van der Waals surface area contributed by atoms with E-state index >= 15 is 0 Å². The zero-order chi connectivity index (χ0) is 21.9. The van der Waals surface area contributed by atoms with Crippen molar-refractivity contribution in [2.24, 2.45) is 0 Å². The number of nitrogens with zero attached hydrogens (tertiary/aromatic N) is 2. The van der Waals surface area contributed by atoms with E-state index < -0.39 is 36.3 Å². The Labute approximate surface area is 168 Å². The van der Waals surface area contributed by atoms with Crippen LogP contribution in [-0.2, 0) is 6.61 Å². The summed E-state index contributed by atoms with van der Waals surface area (Å²) in [6, 6.07) is 14.0. The van der Waals surface area contributed by atoms with Gasteiger partial charge in [0.1, 0.15) is 18.1 Å². The topological polar surface area (TPSA) is 85.6 Å². The zero-order valence-corrected chi connectivity index (χ0v) is 15.3. The van der Waals surface area contributed by atoms with Crippen LogP contribution in [0, 0.1) is 11.3 Å². The summed E-state index contributed by atoms with van der Waals surface area (Å²) in [7, 11) is 0. The molecule has 30 heavy (non-hydrogen) atoms. The summed E-state index contributed by atoms with van der Waals surface area (Å²) >= 11 is 0. The SMILES string of the molecule is N#Cc1ccc(OCc2cccc(C(=O)N3NC(=C(F)F)CC3(O)C(F)F)c2)cc1. The summed E-state index contributed by atoms with van der Waals surface area (Å²) in [5.41, 5.74) is -1.34. The summed E-state index contributed by atoms with van der Waals surface area (Å²) < 4.78 is 57.9. The first-order valence-electron chi connectivity index (χ1n) is 8.62. The number of hydrazine groups is 1. The molecule has 1 fully saturated rings. The summed E-state index contributed by atoms with van der Waals surface area (Å²) in [5, 5.41) is 19.0. The normalized spacial score (nSPS) is 18.2. The fraction of sp³-hybridized carbons (Fsp3) is 0.200. The first-order chi connectivity index (χ1) is 14.2. The zero-order valence-electron chi connectivity index (χ0n) is 15.3. The number of alkyl halides is 2. The predicted octanol–water partition coefficient (Wildman–Crippen LogP) is 3.55. The Hall–Kier alpha value is -3.58. The van der Waals surface area contributed by atoms with Crippen LogP contribution in [0.2, 0.25) is 0 Å². The number of ether oxygens (including phenoxy) is 1. The number of hydrogen-bond donors (Lipinski definition) is 2. The van der Waals surface area contributed by atoms with Gasteiger partial charge < -0.3 is 9.84 Å². The highest BCUT2D eigenvalue weighted by Crippen LogP contribution is 2.35. The molecule has 156 valence electrons. The van der Waals surface area contributed by atoms with Crippen molar-refractivity contribution in [3.63, 3.8) is 0 Å². The van der Waals surface area contributed by atoms with Crippen LogP contribution in [0.25, 0.3) is 0 Å². The molecule has 2 N–H and O–H groups in total. The molecule has 3 rings (SSSR count). The number of rotatable bonds is 5. The van der Waals surface area contributed by atoms with E-state index in [4.69, 9.17) is 10.00 Å². The third kappa shape index (κ3) is 4.21. The Kier molecular flexibility index (Phi) is 5.94. The molecule has 1 unspecified atom stereocenters. The van der Waals surface area contributed by atoms with Crippen LogP contribution in [0.5, 0.6) is 5.75 Å². The van der Waals surface area contributed by atoms with Crippen molar-refractivity contribution >= 4 is 5.91 Å². The van der Waals surface area contributed by atoms with E-state index in [0.717, 1.165) is 0 Å². The van der Waals surface area contributed by atoms with Gasteiger partial charge in [0.25, 0.3) is 18.4 Å². The van der Waals surface area contributed by atoms with Gasteiger partial charge in [-0.1, -0.05) is 12.1 Å². The van der Waals surface area contributed by atoms with Crippen molar-refractivity contribution < 1.29 is 32.2 Å². The second-order valence-corrected chi connectivity index (χ2v) is 6.47. The van der Waals surface area contributed by atoms with E-state index in [1.54, 1.807) is 30.3 Å². The monoisotopic (exact) mass is 421 g/mol. The Balaban J connectivity index is 1.78. The number of carbonyl (C=O) groups excluding carboxylic acids is 1. The van der Waals surface area contributed by atoms with Gasteiger partial charge >= 0.3 is 0 Å². The highest BCUT2D eigenvalue weighted by atomic mass is 19.3. The van der Waals surface area contributed by atoms with E-state index in [9.17, 15) is 27.5 Å². The lowest BCUT2D eigenvalue weighted by Crippen LogP contribution is -2.55. The number of aliphatic hydroxyl groups is 1. The summed E-state index contributed by atoms with van der Waals surface area (Å²) in [6.07, 6.45) is -6.90. The molecule has 1 saturated heterocycles. The molecule has 1 aliphatic rings. The molecule has 0 aromatic heterocycles. The molecule has 0 saturated carbocycles. The van der Waals surface area contributed by atoms with Gasteiger partial charge in [0.15, 0.2) is 0 Å². The molecular weight excluding hydrogens is 406 g/mol. The van der Waals surface area contributed by atoms with Gasteiger partial charge in [0.2, 0.25) is 5.72 Å². The van der Waals surface area contributed by atoms with Crippen molar-refractivity contribution in [3.8, 4) is 11.8 Å². The third-order valence-electron chi connectivity index (χ3n) is 4.41. The lowest BCUT2D eigenvalue weighted by Gasteiger charge is -2.31.